The lowest BCUT2D eigenvalue weighted by molar-refractivity contribution is 0.295. The van der Waals surface area contributed by atoms with Crippen LogP contribution in [0.1, 0.15) is 144 Å². The van der Waals surface area contributed by atoms with Crippen molar-refractivity contribution in [2.45, 2.75) is 135 Å². The van der Waals surface area contributed by atoms with Crippen molar-refractivity contribution in [2.75, 3.05) is 13.2 Å². The first-order valence-electron chi connectivity index (χ1n) is 19.5. The van der Waals surface area contributed by atoms with Crippen molar-refractivity contribution >= 4 is 6.21 Å². The Kier molecular flexibility index (Phi) is 18.2. The van der Waals surface area contributed by atoms with Gasteiger partial charge in [0.25, 0.3) is 0 Å². The third-order valence-electron chi connectivity index (χ3n) is 9.56. The van der Waals surface area contributed by atoms with Crippen molar-refractivity contribution in [1.29, 1.82) is 0 Å². The van der Waals surface area contributed by atoms with E-state index in [1.807, 2.05) is 24.4 Å². The van der Waals surface area contributed by atoms with Crippen LogP contribution in [0.5, 0.6) is 11.5 Å². The van der Waals surface area contributed by atoms with Crippen LogP contribution in [-0.4, -0.2) is 31.5 Å². The van der Waals surface area contributed by atoms with E-state index in [0.717, 1.165) is 60.2 Å². The Labute approximate surface area is 303 Å². The fourth-order valence-electron chi connectivity index (χ4n) is 6.48. The zero-order valence-electron chi connectivity index (χ0n) is 30.9. The highest BCUT2D eigenvalue weighted by atomic mass is 16.5. The average molecular weight is 673 g/mol. The molecule has 3 aromatic rings. The van der Waals surface area contributed by atoms with E-state index in [9.17, 15) is 0 Å². The van der Waals surface area contributed by atoms with E-state index in [4.69, 9.17) is 20.9 Å². The van der Waals surface area contributed by atoms with Gasteiger partial charge in [-0.2, -0.15) is 0 Å². The number of nitrogens with one attached hydrogen (secondary N) is 1. The van der Waals surface area contributed by atoms with E-state index in [2.05, 4.69) is 85.5 Å². The Morgan fingerprint density at radius 1 is 0.720 bits per heavy atom. The van der Waals surface area contributed by atoms with Crippen LogP contribution >= 0.6 is 0 Å². The summed E-state index contributed by atoms with van der Waals surface area (Å²) in [7, 11) is 0. The maximum atomic E-state index is 6.30. The number of rotatable bonds is 21. The number of ether oxygens (including phenoxy) is 2. The molecule has 4 nitrogen and oxygen atoms in total. The maximum Gasteiger partial charge on any atom is 0.136 e. The minimum absolute atomic E-state index is 0.312. The number of benzene rings is 3. The van der Waals surface area contributed by atoms with Gasteiger partial charge in [0.15, 0.2) is 0 Å². The molecule has 1 aliphatic rings. The SMILES string of the molecule is C#Cc1cc(OCCCCCCCC)c(C#Cc2ccc(CN[C@@H]3CCCC[C@H]3N=Cc3ccccc3)cc2)cc1OCCCCCCCC. The van der Waals surface area contributed by atoms with E-state index in [-0.39, 0.29) is 0 Å². The molecule has 0 unspecified atom stereocenters. The highest BCUT2D eigenvalue weighted by Crippen LogP contribution is 2.29. The quantitative estimate of drug-likeness (QED) is 0.0696. The van der Waals surface area contributed by atoms with Crippen LogP contribution in [-0.2, 0) is 6.54 Å². The van der Waals surface area contributed by atoms with Crippen LogP contribution in [0.3, 0.4) is 0 Å². The highest BCUT2D eigenvalue weighted by molar-refractivity contribution is 5.79. The zero-order valence-corrected chi connectivity index (χ0v) is 30.9. The Balaban J connectivity index is 1.39. The first kappa shape index (κ1) is 38.8. The van der Waals surface area contributed by atoms with Gasteiger partial charge in [-0.05, 0) is 48.9 Å². The standard InChI is InChI=1S/C46H60N2O2/c1-4-7-9-11-13-20-32-49-45-35-42(46(34-41(45)6-3)50-33-21-14-12-10-8-5-2)31-30-38-26-28-40(29-27-38)37-48-44-25-19-18-24-43(44)47-36-39-22-16-15-17-23-39/h3,15-17,22-23,26-29,34-36,43-44,48H,4-5,7-14,18-21,24-25,32-33,37H2,1-2H3/t43-,44-/m1/s1. The van der Waals surface area contributed by atoms with E-state index in [1.165, 1.54) is 82.6 Å². The second kappa shape index (κ2) is 23.4. The average Bonchev–Trinajstić information content (AvgIpc) is 3.16. The second-order valence-electron chi connectivity index (χ2n) is 13.7. The number of aliphatic imine (C=N–C) groups is 1. The Hall–Kier alpha value is -3.99. The molecule has 2 atom stereocenters. The van der Waals surface area contributed by atoms with Gasteiger partial charge in [-0.3, -0.25) is 4.99 Å². The molecule has 1 fully saturated rings. The Morgan fingerprint density at radius 3 is 1.98 bits per heavy atom. The third-order valence-corrected chi connectivity index (χ3v) is 9.56. The minimum atomic E-state index is 0.312. The van der Waals surface area contributed by atoms with Crippen LogP contribution in [0.2, 0.25) is 0 Å². The molecule has 1 N–H and O–H groups in total. The van der Waals surface area contributed by atoms with Gasteiger partial charge < -0.3 is 14.8 Å². The summed E-state index contributed by atoms with van der Waals surface area (Å²) < 4.78 is 12.5. The van der Waals surface area contributed by atoms with E-state index in [1.54, 1.807) is 0 Å². The van der Waals surface area contributed by atoms with Gasteiger partial charge in [0.2, 0.25) is 0 Å². The summed E-state index contributed by atoms with van der Waals surface area (Å²) in [6.45, 7) is 6.62. The maximum absolute atomic E-state index is 6.30. The summed E-state index contributed by atoms with van der Waals surface area (Å²) in [6.07, 6.45) is 27.4. The second-order valence-corrected chi connectivity index (χ2v) is 13.7. The van der Waals surface area contributed by atoms with Crippen LogP contribution in [0, 0.1) is 24.2 Å². The molecule has 266 valence electrons. The molecule has 0 aromatic heterocycles. The van der Waals surface area contributed by atoms with Crippen LogP contribution < -0.4 is 14.8 Å². The Bertz CT molecular complexity index is 1510. The van der Waals surface area contributed by atoms with Crippen LogP contribution in [0.4, 0.5) is 0 Å². The predicted octanol–water partition coefficient (Wildman–Crippen LogP) is 11.1. The van der Waals surface area contributed by atoms with Gasteiger partial charge in [0.05, 0.1) is 30.4 Å². The van der Waals surface area contributed by atoms with Crippen LogP contribution in [0.25, 0.3) is 0 Å². The van der Waals surface area contributed by atoms with Crippen molar-refractivity contribution in [3.63, 3.8) is 0 Å². The smallest absolute Gasteiger partial charge is 0.136 e. The van der Waals surface area contributed by atoms with Crippen molar-refractivity contribution in [2.24, 2.45) is 4.99 Å². The summed E-state index contributed by atoms with van der Waals surface area (Å²) in [5.41, 5.74) is 4.92. The van der Waals surface area contributed by atoms with E-state index in [0.29, 0.717) is 31.0 Å². The third kappa shape index (κ3) is 14.1. The van der Waals surface area contributed by atoms with Crippen molar-refractivity contribution in [3.8, 4) is 35.7 Å². The fraction of sp³-hybridized carbons (Fsp3) is 0.500. The molecule has 1 saturated carbocycles. The first-order chi connectivity index (χ1) is 24.7. The zero-order chi connectivity index (χ0) is 35.1. The molecule has 1 aliphatic carbocycles. The van der Waals surface area contributed by atoms with Crippen LogP contribution in [0.15, 0.2) is 71.7 Å². The van der Waals surface area contributed by atoms with Crippen molar-refractivity contribution < 1.29 is 9.47 Å². The summed E-state index contributed by atoms with van der Waals surface area (Å²) in [5, 5.41) is 3.80. The van der Waals surface area contributed by atoms with E-state index < -0.39 is 0 Å². The molecule has 0 heterocycles. The minimum Gasteiger partial charge on any atom is -0.492 e. The number of unbranched alkanes of at least 4 members (excludes halogenated alkanes) is 10. The molecule has 0 radical (unpaired) electrons. The lowest BCUT2D eigenvalue weighted by Crippen LogP contribution is -2.40. The molecule has 0 bridgehead atoms. The molecule has 3 aromatic carbocycles. The highest BCUT2D eigenvalue weighted by Gasteiger charge is 2.23. The number of hydrogen-bond donors (Lipinski definition) is 1. The molecular formula is C46H60N2O2. The molecule has 50 heavy (non-hydrogen) atoms. The van der Waals surface area contributed by atoms with Gasteiger partial charge in [-0.15, -0.1) is 6.42 Å². The normalized spacial score (nSPS) is 15.7. The lowest BCUT2D eigenvalue weighted by Gasteiger charge is -2.29. The van der Waals surface area contributed by atoms with Gasteiger partial charge in [0, 0.05) is 36.5 Å². The number of nitrogens with zero attached hydrogens (tertiary/aromatic N) is 1. The lowest BCUT2D eigenvalue weighted by atomic mass is 9.90. The molecule has 4 rings (SSSR count). The summed E-state index contributed by atoms with van der Waals surface area (Å²) >= 11 is 0. The summed E-state index contributed by atoms with van der Waals surface area (Å²) in [4.78, 5) is 4.98. The molecule has 0 aliphatic heterocycles. The largest absolute Gasteiger partial charge is 0.492 e. The molecule has 0 spiro atoms. The van der Waals surface area contributed by atoms with Gasteiger partial charge >= 0.3 is 0 Å². The molecular weight excluding hydrogens is 613 g/mol. The summed E-state index contributed by atoms with van der Waals surface area (Å²) in [5.74, 6) is 11.1. The molecule has 0 saturated heterocycles. The van der Waals surface area contributed by atoms with E-state index >= 15 is 0 Å². The topological polar surface area (TPSA) is 42.8 Å². The fourth-order valence-corrected chi connectivity index (χ4v) is 6.48. The number of terminal acetylenes is 1. The molecule has 0 amide bonds. The van der Waals surface area contributed by atoms with Gasteiger partial charge in [-0.1, -0.05) is 151 Å². The van der Waals surface area contributed by atoms with Gasteiger partial charge in [0.1, 0.15) is 11.5 Å². The molecule has 4 heteroatoms. The van der Waals surface area contributed by atoms with Crippen molar-refractivity contribution in [3.05, 3.63) is 94.5 Å². The number of hydrogen-bond acceptors (Lipinski definition) is 4. The van der Waals surface area contributed by atoms with Gasteiger partial charge in [-0.25, -0.2) is 0 Å². The summed E-state index contributed by atoms with van der Waals surface area (Å²) in [6, 6.07) is 23.6. The van der Waals surface area contributed by atoms with Crippen molar-refractivity contribution in [1.82, 2.24) is 5.32 Å². The predicted molar refractivity (Wildman–Crippen MR) is 211 cm³/mol. The first-order valence-corrected chi connectivity index (χ1v) is 19.5. The monoisotopic (exact) mass is 672 g/mol. The Morgan fingerprint density at radius 2 is 1.32 bits per heavy atom.